The van der Waals surface area contributed by atoms with Gasteiger partial charge in [-0.2, -0.15) is 0 Å². The van der Waals surface area contributed by atoms with E-state index >= 15 is 0 Å². The van der Waals surface area contributed by atoms with Crippen LogP contribution in [-0.2, 0) is 4.79 Å². The zero-order valence-electron chi connectivity index (χ0n) is 20.9. The SMILES string of the molecule is C=C(F)C(=O)N1CCC(N[C@H]2COc3cc(-c4nc5ccc(OC)nn5c4-c4cccnc4)ccc32)CC1. The van der Waals surface area contributed by atoms with E-state index in [-0.39, 0.29) is 12.1 Å². The summed E-state index contributed by atoms with van der Waals surface area (Å²) in [6, 6.07) is 13.9. The summed E-state index contributed by atoms with van der Waals surface area (Å²) in [6.07, 6.45) is 5.01. The van der Waals surface area contributed by atoms with E-state index in [0.29, 0.717) is 31.2 Å². The number of nitrogens with one attached hydrogen (secondary N) is 1. The summed E-state index contributed by atoms with van der Waals surface area (Å²) >= 11 is 0. The summed E-state index contributed by atoms with van der Waals surface area (Å²) < 4.78 is 26.4. The van der Waals surface area contributed by atoms with E-state index in [1.165, 1.54) is 4.90 Å². The number of hydrogen-bond acceptors (Lipinski definition) is 7. The number of piperidine rings is 1. The quantitative estimate of drug-likeness (QED) is 0.389. The molecule has 6 rings (SSSR count). The molecule has 3 aromatic heterocycles. The summed E-state index contributed by atoms with van der Waals surface area (Å²) in [6.45, 7) is 4.64. The predicted octanol–water partition coefficient (Wildman–Crippen LogP) is 3.96. The van der Waals surface area contributed by atoms with Crippen LogP contribution in [0.5, 0.6) is 11.6 Å². The number of halogens is 1. The second-order valence-corrected chi connectivity index (χ2v) is 9.45. The molecule has 0 spiro atoms. The molecular formula is C28H27FN6O3. The first-order chi connectivity index (χ1) is 18.5. The van der Waals surface area contributed by atoms with Crippen LogP contribution in [-0.4, -0.2) is 63.2 Å². The van der Waals surface area contributed by atoms with E-state index in [9.17, 15) is 9.18 Å². The molecule has 0 radical (unpaired) electrons. The molecular weight excluding hydrogens is 487 g/mol. The number of likely N-dealkylation sites (tertiary alicyclic amines) is 1. The van der Waals surface area contributed by atoms with Gasteiger partial charge in [0.05, 0.1) is 18.8 Å². The van der Waals surface area contributed by atoms with Crippen molar-refractivity contribution in [2.24, 2.45) is 0 Å². The lowest BCUT2D eigenvalue weighted by Crippen LogP contribution is -2.46. The zero-order chi connectivity index (χ0) is 26.2. The summed E-state index contributed by atoms with van der Waals surface area (Å²) in [5.74, 6) is -0.224. The van der Waals surface area contributed by atoms with Crippen LogP contribution < -0.4 is 14.8 Å². The molecule has 0 saturated carbocycles. The van der Waals surface area contributed by atoms with E-state index in [0.717, 1.165) is 46.7 Å². The Morgan fingerprint density at radius 3 is 2.76 bits per heavy atom. The van der Waals surface area contributed by atoms with Crippen molar-refractivity contribution in [1.82, 2.24) is 29.8 Å². The maximum atomic E-state index is 13.2. The minimum absolute atomic E-state index is 0.0345. The summed E-state index contributed by atoms with van der Waals surface area (Å²) in [5.41, 5.74) is 5.16. The Balaban J connectivity index is 1.27. The lowest BCUT2D eigenvalue weighted by molar-refractivity contribution is -0.129. The van der Waals surface area contributed by atoms with Crippen LogP contribution in [0.25, 0.3) is 28.2 Å². The van der Waals surface area contributed by atoms with Gasteiger partial charge in [0, 0.05) is 54.3 Å². The van der Waals surface area contributed by atoms with E-state index in [1.807, 2.05) is 24.3 Å². The van der Waals surface area contributed by atoms with Crippen molar-refractivity contribution in [3.05, 3.63) is 72.8 Å². The highest BCUT2D eigenvalue weighted by molar-refractivity contribution is 5.90. The van der Waals surface area contributed by atoms with Crippen LogP contribution in [0.2, 0.25) is 0 Å². The Kier molecular flexibility index (Phi) is 6.24. The molecule has 1 aromatic carbocycles. The van der Waals surface area contributed by atoms with Crippen LogP contribution >= 0.6 is 0 Å². The molecule has 38 heavy (non-hydrogen) atoms. The third kappa shape index (κ3) is 4.37. The highest BCUT2D eigenvalue weighted by Gasteiger charge is 2.30. The fourth-order valence-corrected chi connectivity index (χ4v) is 5.19. The van der Waals surface area contributed by atoms with Gasteiger partial charge >= 0.3 is 0 Å². The third-order valence-electron chi connectivity index (χ3n) is 7.12. The molecule has 0 unspecified atom stereocenters. The minimum Gasteiger partial charge on any atom is -0.491 e. The van der Waals surface area contributed by atoms with Crippen molar-refractivity contribution in [2.75, 3.05) is 26.8 Å². The zero-order valence-corrected chi connectivity index (χ0v) is 20.9. The van der Waals surface area contributed by atoms with Crippen LogP contribution in [0.15, 0.2) is 67.3 Å². The van der Waals surface area contributed by atoms with E-state index < -0.39 is 11.7 Å². The monoisotopic (exact) mass is 514 g/mol. The van der Waals surface area contributed by atoms with E-state index in [4.69, 9.17) is 14.5 Å². The molecule has 2 aliphatic heterocycles. The summed E-state index contributed by atoms with van der Waals surface area (Å²) in [5, 5.41) is 8.27. The maximum Gasteiger partial charge on any atom is 0.281 e. The highest BCUT2D eigenvalue weighted by Crippen LogP contribution is 2.39. The van der Waals surface area contributed by atoms with Gasteiger partial charge in [0.25, 0.3) is 5.91 Å². The number of nitrogens with zero attached hydrogens (tertiary/aromatic N) is 5. The standard InChI is InChI=1S/C28H27FN6O3/c1-17(29)28(36)34-12-9-20(10-13-34)31-22-16-38-23-14-18(5-6-21(22)23)26-27(19-4-3-11-30-15-19)35-24(32-26)7-8-25(33-35)37-2/h3-8,11,14-15,20,22,31H,1,9-10,12-13,16H2,2H3/t22-/m0/s1. The molecule has 1 saturated heterocycles. The molecule has 1 N–H and O–H groups in total. The van der Waals surface area contributed by atoms with E-state index in [1.54, 1.807) is 30.1 Å². The molecule has 1 atom stereocenters. The van der Waals surface area contributed by atoms with Gasteiger partial charge in [-0.15, -0.1) is 5.10 Å². The second-order valence-electron chi connectivity index (χ2n) is 9.45. The first-order valence-electron chi connectivity index (χ1n) is 12.5. The molecule has 194 valence electrons. The fourth-order valence-electron chi connectivity index (χ4n) is 5.19. The van der Waals surface area contributed by atoms with Crippen molar-refractivity contribution < 1.29 is 18.7 Å². The van der Waals surface area contributed by atoms with Gasteiger partial charge in [0.1, 0.15) is 18.1 Å². The molecule has 2 aliphatic rings. The number of carbonyl (C=O) groups excluding carboxylic acids is 1. The molecule has 1 amide bonds. The number of pyridine rings is 1. The Hall–Kier alpha value is -4.31. The van der Waals surface area contributed by atoms with Gasteiger partial charge in [-0.1, -0.05) is 18.7 Å². The first kappa shape index (κ1) is 24.1. The molecule has 10 heteroatoms. The van der Waals surface area contributed by atoms with Crippen LogP contribution in [0.3, 0.4) is 0 Å². The molecule has 0 bridgehead atoms. The Labute approximate surface area is 218 Å². The van der Waals surface area contributed by atoms with Gasteiger partial charge in [-0.25, -0.2) is 13.9 Å². The van der Waals surface area contributed by atoms with Crippen molar-refractivity contribution in [3.63, 3.8) is 0 Å². The number of imidazole rings is 1. The molecule has 5 heterocycles. The fraction of sp³-hybridized carbons (Fsp3) is 0.286. The third-order valence-corrected chi connectivity index (χ3v) is 7.12. The largest absolute Gasteiger partial charge is 0.491 e. The Bertz CT molecular complexity index is 1510. The van der Waals surface area contributed by atoms with Gasteiger partial charge in [0.15, 0.2) is 11.5 Å². The number of benzene rings is 1. The van der Waals surface area contributed by atoms with Gasteiger partial charge < -0.3 is 19.7 Å². The lowest BCUT2D eigenvalue weighted by atomic mass is 9.99. The number of hydrogen-bond donors (Lipinski definition) is 1. The van der Waals surface area contributed by atoms with Gasteiger partial charge in [-0.3, -0.25) is 9.78 Å². The predicted molar refractivity (Wildman–Crippen MR) is 139 cm³/mol. The number of amides is 1. The number of fused-ring (bicyclic) bond motifs is 2. The smallest absolute Gasteiger partial charge is 0.281 e. The Morgan fingerprint density at radius 1 is 1.18 bits per heavy atom. The summed E-state index contributed by atoms with van der Waals surface area (Å²) in [7, 11) is 1.59. The Morgan fingerprint density at radius 2 is 2.03 bits per heavy atom. The van der Waals surface area contributed by atoms with Crippen LogP contribution in [0.4, 0.5) is 4.39 Å². The van der Waals surface area contributed by atoms with E-state index in [2.05, 4.69) is 34.1 Å². The average Bonchev–Trinajstić information content (AvgIpc) is 3.54. The molecule has 1 fully saturated rings. The van der Waals surface area contributed by atoms with Crippen molar-refractivity contribution in [1.29, 1.82) is 0 Å². The topological polar surface area (TPSA) is 93.9 Å². The normalized spacial score (nSPS) is 17.3. The summed E-state index contributed by atoms with van der Waals surface area (Å²) in [4.78, 5) is 22.6. The van der Waals surface area contributed by atoms with Crippen molar-refractivity contribution in [2.45, 2.75) is 24.9 Å². The number of ether oxygens (including phenoxy) is 2. The molecule has 4 aromatic rings. The van der Waals surface area contributed by atoms with Gasteiger partial charge in [0.2, 0.25) is 5.88 Å². The number of methoxy groups -OCH3 is 1. The average molecular weight is 515 g/mol. The minimum atomic E-state index is -0.905. The van der Waals surface area contributed by atoms with Crippen LogP contribution in [0, 0.1) is 0 Å². The number of aromatic nitrogens is 4. The van der Waals surface area contributed by atoms with Gasteiger partial charge in [-0.05, 0) is 37.1 Å². The highest BCUT2D eigenvalue weighted by atomic mass is 19.1. The number of rotatable bonds is 6. The number of carbonyl (C=O) groups is 1. The lowest BCUT2D eigenvalue weighted by Gasteiger charge is -2.33. The van der Waals surface area contributed by atoms with Crippen LogP contribution in [0.1, 0.15) is 24.4 Å². The molecule has 0 aliphatic carbocycles. The molecule has 9 nitrogen and oxygen atoms in total. The van der Waals surface area contributed by atoms with Crippen molar-refractivity contribution >= 4 is 11.6 Å². The first-order valence-corrected chi connectivity index (χ1v) is 12.5. The maximum absolute atomic E-state index is 13.2. The van der Waals surface area contributed by atoms with Crippen molar-refractivity contribution in [3.8, 4) is 34.1 Å². The second kappa shape index (κ2) is 9.86.